The molecule has 0 bridgehead atoms. The van der Waals surface area contributed by atoms with Crippen LogP contribution in [0.2, 0.25) is 0 Å². The first-order valence-electron chi connectivity index (χ1n) is 6.27. The number of amides is 1. The summed E-state index contributed by atoms with van der Waals surface area (Å²) in [7, 11) is 1.52. The first-order chi connectivity index (χ1) is 8.82. The van der Waals surface area contributed by atoms with E-state index in [4.69, 9.17) is 10.7 Å². The highest BCUT2D eigenvalue weighted by Crippen LogP contribution is 2.22. The molecule has 0 N–H and O–H groups in total. The van der Waals surface area contributed by atoms with Crippen LogP contribution in [0.3, 0.4) is 0 Å². The summed E-state index contributed by atoms with van der Waals surface area (Å²) in [5.74, 6) is 0.364. The van der Waals surface area contributed by atoms with Crippen LogP contribution in [0.1, 0.15) is 30.8 Å². The highest BCUT2D eigenvalue weighted by molar-refractivity contribution is 8.13. The van der Waals surface area contributed by atoms with Crippen LogP contribution in [0.15, 0.2) is 17.2 Å². The molecule has 1 aliphatic heterocycles. The predicted octanol–water partition coefficient (Wildman–Crippen LogP) is 1.92. The lowest BCUT2D eigenvalue weighted by Crippen LogP contribution is -2.30. The molecule has 19 heavy (non-hydrogen) atoms. The summed E-state index contributed by atoms with van der Waals surface area (Å²) < 4.78 is 24.3. The van der Waals surface area contributed by atoms with Gasteiger partial charge in [0.1, 0.15) is 10.6 Å². The molecule has 0 spiro atoms. The second-order valence-corrected chi connectivity index (χ2v) is 7.50. The zero-order valence-corrected chi connectivity index (χ0v) is 12.5. The summed E-state index contributed by atoms with van der Waals surface area (Å²) in [6.07, 6.45) is 2.40. The van der Waals surface area contributed by atoms with E-state index >= 15 is 0 Å². The van der Waals surface area contributed by atoms with Gasteiger partial charge >= 0.3 is 0 Å². The van der Waals surface area contributed by atoms with Gasteiger partial charge in [-0.3, -0.25) is 4.79 Å². The molecule has 1 aromatic rings. The minimum absolute atomic E-state index is 0.0217. The minimum atomic E-state index is -3.80. The Bertz CT molecular complexity index is 594. The quantitative estimate of drug-likeness (QED) is 0.802. The summed E-state index contributed by atoms with van der Waals surface area (Å²) in [5, 5.41) is 0. The molecule has 106 valence electrons. The third kappa shape index (κ3) is 2.95. The van der Waals surface area contributed by atoms with E-state index in [0.717, 1.165) is 19.5 Å². The number of carbonyl (C=O) groups excluding carboxylic acids is 1. The number of likely N-dealkylation sites (tertiary alicyclic amines) is 1. The zero-order chi connectivity index (χ0) is 14.2. The average Bonchev–Trinajstić information content (AvgIpc) is 2.92. The highest BCUT2D eigenvalue weighted by Gasteiger charge is 2.27. The smallest absolute Gasteiger partial charge is 0.270 e. The predicted molar refractivity (Wildman–Crippen MR) is 72.8 cm³/mol. The van der Waals surface area contributed by atoms with E-state index in [1.54, 1.807) is 9.47 Å². The van der Waals surface area contributed by atoms with Crippen molar-refractivity contribution < 1.29 is 13.2 Å². The number of aromatic nitrogens is 1. The van der Waals surface area contributed by atoms with Crippen molar-refractivity contribution in [1.29, 1.82) is 0 Å². The Kier molecular flexibility index (Phi) is 3.92. The van der Waals surface area contributed by atoms with Crippen LogP contribution in [-0.2, 0) is 15.6 Å². The topological polar surface area (TPSA) is 59.4 Å². The van der Waals surface area contributed by atoms with Crippen LogP contribution in [-0.4, -0.2) is 36.9 Å². The van der Waals surface area contributed by atoms with E-state index in [1.807, 2.05) is 6.92 Å². The van der Waals surface area contributed by atoms with E-state index in [2.05, 4.69) is 6.92 Å². The number of aryl methyl sites for hydroxylation is 1. The van der Waals surface area contributed by atoms with Gasteiger partial charge in [0.2, 0.25) is 0 Å². The molecule has 1 fully saturated rings. The average molecular weight is 305 g/mol. The van der Waals surface area contributed by atoms with Gasteiger partial charge in [-0.05, 0) is 25.3 Å². The molecule has 0 aliphatic carbocycles. The fourth-order valence-electron chi connectivity index (χ4n) is 2.34. The number of rotatable bonds is 3. The molecule has 2 rings (SSSR count). The minimum Gasteiger partial charge on any atom is -0.342 e. The molecule has 1 atom stereocenters. The Balaban J connectivity index is 2.34. The molecule has 2 heterocycles. The lowest BCUT2D eigenvalue weighted by Gasteiger charge is -2.16. The fraction of sp³-hybridized carbons (Fsp3) is 0.583. The van der Waals surface area contributed by atoms with Crippen molar-refractivity contribution in [2.45, 2.75) is 31.7 Å². The van der Waals surface area contributed by atoms with Gasteiger partial charge in [0.25, 0.3) is 15.0 Å². The normalized spacial score (nSPS) is 19.9. The SMILES string of the molecule is CCn1cc(S(=O)(=O)Cl)cc1C(=O)N1CCC(C)C1. The van der Waals surface area contributed by atoms with E-state index in [1.165, 1.54) is 12.3 Å². The van der Waals surface area contributed by atoms with Crippen molar-refractivity contribution in [3.63, 3.8) is 0 Å². The summed E-state index contributed by atoms with van der Waals surface area (Å²) in [5.41, 5.74) is 0.385. The van der Waals surface area contributed by atoms with Gasteiger partial charge < -0.3 is 9.47 Å². The largest absolute Gasteiger partial charge is 0.342 e. The maximum Gasteiger partial charge on any atom is 0.270 e. The Hall–Kier alpha value is -1.01. The van der Waals surface area contributed by atoms with Gasteiger partial charge in [-0.25, -0.2) is 8.42 Å². The van der Waals surface area contributed by atoms with Crippen LogP contribution in [0.5, 0.6) is 0 Å². The van der Waals surface area contributed by atoms with Crippen LogP contribution in [0, 0.1) is 5.92 Å². The molecular formula is C12H17ClN2O3S. The summed E-state index contributed by atoms with van der Waals surface area (Å²) in [6, 6.07) is 1.36. The first-order valence-corrected chi connectivity index (χ1v) is 8.58. The number of halogens is 1. The van der Waals surface area contributed by atoms with E-state index < -0.39 is 9.05 Å². The summed E-state index contributed by atoms with van der Waals surface area (Å²) in [6.45, 7) is 5.92. The van der Waals surface area contributed by atoms with Gasteiger partial charge in [-0.2, -0.15) is 0 Å². The molecule has 1 saturated heterocycles. The molecule has 1 aliphatic rings. The Morgan fingerprint density at radius 1 is 1.53 bits per heavy atom. The lowest BCUT2D eigenvalue weighted by atomic mass is 10.2. The maximum atomic E-state index is 12.4. The van der Waals surface area contributed by atoms with Gasteiger partial charge in [0.15, 0.2) is 0 Å². The monoisotopic (exact) mass is 304 g/mol. The molecular weight excluding hydrogens is 288 g/mol. The molecule has 1 amide bonds. The van der Waals surface area contributed by atoms with Crippen LogP contribution >= 0.6 is 10.7 Å². The Labute approximate surface area is 117 Å². The van der Waals surface area contributed by atoms with Crippen molar-refractivity contribution in [3.05, 3.63) is 18.0 Å². The summed E-state index contributed by atoms with van der Waals surface area (Å²) in [4.78, 5) is 14.1. The molecule has 1 aromatic heterocycles. The molecule has 0 saturated carbocycles. The fourth-order valence-corrected chi connectivity index (χ4v) is 3.10. The van der Waals surface area contributed by atoms with Gasteiger partial charge in [-0.15, -0.1) is 0 Å². The number of carbonyl (C=O) groups is 1. The number of hydrogen-bond acceptors (Lipinski definition) is 3. The first kappa shape index (κ1) is 14.4. The molecule has 5 nitrogen and oxygen atoms in total. The van der Waals surface area contributed by atoms with Crippen LogP contribution < -0.4 is 0 Å². The highest BCUT2D eigenvalue weighted by atomic mass is 35.7. The van der Waals surface area contributed by atoms with Crippen molar-refractivity contribution >= 4 is 25.6 Å². The van der Waals surface area contributed by atoms with E-state index in [-0.39, 0.29) is 10.8 Å². The third-order valence-electron chi connectivity index (χ3n) is 3.42. The van der Waals surface area contributed by atoms with Gasteiger partial charge in [-0.1, -0.05) is 6.92 Å². The molecule has 7 heteroatoms. The standard InChI is InChI=1S/C12H17ClN2O3S/c1-3-14-8-10(19(13,17)18)6-11(14)12(16)15-5-4-9(2)7-15/h6,8-9H,3-5,7H2,1-2H3. The Morgan fingerprint density at radius 3 is 2.68 bits per heavy atom. The third-order valence-corrected chi connectivity index (χ3v) is 4.74. The van der Waals surface area contributed by atoms with Crippen LogP contribution in [0.25, 0.3) is 0 Å². The lowest BCUT2D eigenvalue weighted by molar-refractivity contribution is 0.0777. The van der Waals surface area contributed by atoms with E-state index in [9.17, 15) is 13.2 Å². The number of hydrogen-bond donors (Lipinski definition) is 0. The zero-order valence-electron chi connectivity index (χ0n) is 11.0. The molecule has 0 radical (unpaired) electrons. The molecule has 1 unspecified atom stereocenters. The van der Waals surface area contributed by atoms with Crippen molar-refractivity contribution in [2.75, 3.05) is 13.1 Å². The van der Waals surface area contributed by atoms with E-state index in [0.29, 0.717) is 18.2 Å². The van der Waals surface area contributed by atoms with Crippen molar-refractivity contribution in [2.24, 2.45) is 5.92 Å². The molecule has 0 aromatic carbocycles. The maximum absolute atomic E-state index is 12.4. The van der Waals surface area contributed by atoms with Crippen molar-refractivity contribution in [3.8, 4) is 0 Å². The van der Waals surface area contributed by atoms with Crippen molar-refractivity contribution in [1.82, 2.24) is 9.47 Å². The number of nitrogens with zero attached hydrogens (tertiary/aromatic N) is 2. The van der Waals surface area contributed by atoms with Gasteiger partial charge in [0, 0.05) is 36.5 Å². The van der Waals surface area contributed by atoms with Crippen LogP contribution in [0.4, 0.5) is 0 Å². The summed E-state index contributed by atoms with van der Waals surface area (Å²) >= 11 is 0. The second kappa shape index (κ2) is 5.17. The second-order valence-electron chi connectivity index (χ2n) is 4.93. The Morgan fingerprint density at radius 2 is 2.21 bits per heavy atom. The van der Waals surface area contributed by atoms with Gasteiger partial charge in [0.05, 0.1) is 0 Å².